The quantitative estimate of drug-likeness (QED) is 0.523. The van der Waals surface area contributed by atoms with Gasteiger partial charge in [-0.25, -0.2) is 0 Å². The standard InChI is InChI=1S/C22H25N5O3S/c1-14-7-5-6-8-18(14)24-19(28)13-31-22-26-25-20(27(22)3)15(2)23-21(29)16-9-11-17(30-4)12-10-16/h5-12,15H,13H2,1-4H3,(H,23,29)(H,24,28)/t15-/m1/s1. The monoisotopic (exact) mass is 439 g/mol. The molecule has 0 aliphatic heterocycles. The third-order valence-electron chi connectivity index (χ3n) is 4.71. The molecule has 31 heavy (non-hydrogen) atoms. The summed E-state index contributed by atoms with van der Waals surface area (Å²) in [5.41, 5.74) is 2.32. The first kappa shape index (κ1) is 22.4. The number of carbonyl (C=O) groups is 2. The number of aryl methyl sites for hydroxylation is 1. The fourth-order valence-corrected chi connectivity index (χ4v) is 3.66. The van der Waals surface area contributed by atoms with Gasteiger partial charge in [0.15, 0.2) is 11.0 Å². The number of methoxy groups -OCH3 is 1. The van der Waals surface area contributed by atoms with Crippen LogP contribution >= 0.6 is 11.8 Å². The van der Waals surface area contributed by atoms with Crippen molar-refractivity contribution in [1.29, 1.82) is 0 Å². The number of carbonyl (C=O) groups excluding carboxylic acids is 2. The minimum atomic E-state index is -0.359. The van der Waals surface area contributed by atoms with Crippen molar-refractivity contribution in [2.75, 3.05) is 18.2 Å². The van der Waals surface area contributed by atoms with E-state index in [9.17, 15) is 9.59 Å². The summed E-state index contributed by atoms with van der Waals surface area (Å²) in [7, 11) is 3.39. The second-order valence-electron chi connectivity index (χ2n) is 6.98. The highest BCUT2D eigenvalue weighted by molar-refractivity contribution is 7.99. The van der Waals surface area contributed by atoms with Gasteiger partial charge in [0, 0.05) is 18.3 Å². The predicted molar refractivity (Wildman–Crippen MR) is 120 cm³/mol. The van der Waals surface area contributed by atoms with Crippen LogP contribution in [0.4, 0.5) is 5.69 Å². The minimum Gasteiger partial charge on any atom is -0.497 e. The fraction of sp³-hybridized carbons (Fsp3) is 0.273. The van der Waals surface area contributed by atoms with Gasteiger partial charge >= 0.3 is 0 Å². The average molecular weight is 440 g/mol. The number of ether oxygens (including phenoxy) is 1. The van der Waals surface area contributed by atoms with Gasteiger partial charge in [-0.1, -0.05) is 30.0 Å². The number of nitrogens with zero attached hydrogens (tertiary/aromatic N) is 3. The summed E-state index contributed by atoms with van der Waals surface area (Å²) in [6.45, 7) is 3.78. The van der Waals surface area contributed by atoms with Crippen molar-refractivity contribution in [3.05, 3.63) is 65.5 Å². The van der Waals surface area contributed by atoms with Crippen LogP contribution < -0.4 is 15.4 Å². The van der Waals surface area contributed by atoms with Crippen LogP contribution in [-0.2, 0) is 11.8 Å². The van der Waals surface area contributed by atoms with Crippen LogP contribution in [0.3, 0.4) is 0 Å². The maximum atomic E-state index is 12.5. The van der Waals surface area contributed by atoms with E-state index >= 15 is 0 Å². The molecule has 0 saturated carbocycles. The van der Waals surface area contributed by atoms with Crippen molar-refractivity contribution < 1.29 is 14.3 Å². The van der Waals surface area contributed by atoms with E-state index in [1.807, 2.05) is 45.2 Å². The summed E-state index contributed by atoms with van der Waals surface area (Å²) >= 11 is 1.29. The van der Waals surface area contributed by atoms with Gasteiger partial charge in [-0.15, -0.1) is 10.2 Å². The third kappa shape index (κ3) is 5.64. The van der Waals surface area contributed by atoms with E-state index in [0.29, 0.717) is 22.3 Å². The first-order chi connectivity index (χ1) is 14.9. The van der Waals surface area contributed by atoms with Crippen molar-refractivity contribution in [2.45, 2.75) is 25.0 Å². The van der Waals surface area contributed by atoms with Crippen molar-refractivity contribution in [3.8, 4) is 5.75 Å². The highest BCUT2D eigenvalue weighted by Crippen LogP contribution is 2.21. The summed E-state index contributed by atoms with van der Waals surface area (Å²) in [5, 5.41) is 14.8. The second kappa shape index (κ2) is 10.1. The van der Waals surface area contributed by atoms with Crippen molar-refractivity contribution in [2.24, 2.45) is 7.05 Å². The van der Waals surface area contributed by atoms with Gasteiger partial charge in [0.05, 0.1) is 18.9 Å². The molecule has 162 valence electrons. The lowest BCUT2D eigenvalue weighted by Crippen LogP contribution is -2.28. The lowest BCUT2D eigenvalue weighted by atomic mass is 10.2. The Morgan fingerprint density at radius 2 is 1.84 bits per heavy atom. The zero-order chi connectivity index (χ0) is 22.4. The van der Waals surface area contributed by atoms with E-state index in [1.165, 1.54) is 11.8 Å². The van der Waals surface area contributed by atoms with Gasteiger partial charge < -0.3 is 19.9 Å². The molecule has 0 aliphatic rings. The normalized spacial score (nSPS) is 11.6. The molecule has 0 radical (unpaired) electrons. The highest BCUT2D eigenvalue weighted by atomic mass is 32.2. The average Bonchev–Trinajstić information content (AvgIpc) is 3.14. The zero-order valence-corrected chi connectivity index (χ0v) is 18.7. The summed E-state index contributed by atoms with van der Waals surface area (Å²) in [5.74, 6) is 1.15. The predicted octanol–water partition coefficient (Wildman–Crippen LogP) is 3.35. The number of hydrogen-bond donors (Lipinski definition) is 2. The Balaban J connectivity index is 1.57. The molecule has 0 saturated heterocycles. The molecule has 3 aromatic rings. The van der Waals surface area contributed by atoms with E-state index in [1.54, 1.807) is 35.9 Å². The van der Waals surface area contributed by atoms with Crippen LogP contribution in [0, 0.1) is 6.92 Å². The Morgan fingerprint density at radius 3 is 2.52 bits per heavy atom. The van der Waals surface area contributed by atoms with Gasteiger partial charge in [-0.2, -0.15) is 0 Å². The molecule has 2 aromatic carbocycles. The van der Waals surface area contributed by atoms with Crippen LogP contribution in [0.25, 0.3) is 0 Å². The van der Waals surface area contributed by atoms with Gasteiger partial charge in [0.2, 0.25) is 5.91 Å². The highest BCUT2D eigenvalue weighted by Gasteiger charge is 2.19. The van der Waals surface area contributed by atoms with Crippen molar-refractivity contribution in [3.63, 3.8) is 0 Å². The number of hydrogen-bond acceptors (Lipinski definition) is 6. The Morgan fingerprint density at radius 1 is 1.13 bits per heavy atom. The Hall–Kier alpha value is -3.33. The molecule has 1 atom stereocenters. The number of benzene rings is 2. The van der Waals surface area contributed by atoms with Gasteiger partial charge in [-0.05, 0) is 49.7 Å². The third-order valence-corrected chi connectivity index (χ3v) is 5.73. The maximum Gasteiger partial charge on any atom is 0.251 e. The van der Waals surface area contributed by atoms with Crippen molar-refractivity contribution in [1.82, 2.24) is 20.1 Å². The SMILES string of the molecule is COc1ccc(C(=O)N[C@H](C)c2nnc(SCC(=O)Nc3ccccc3C)n2C)cc1. The van der Waals surface area contributed by atoms with Gasteiger partial charge in [0.25, 0.3) is 5.91 Å². The van der Waals surface area contributed by atoms with E-state index in [4.69, 9.17) is 4.74 Å². The number of rotatable bonds is 8. The minimum absolute atomic E-state index is 0.121. The van der Waals surface area contributed by atoms with Gasteiger partial charge in [-0.3, -0.25) is 9.59 Å². The topological polar surface area (TPSA) is 98.1 Å². The molecule has 0 spiro atoms. The smallest absolute Gasteiger partial charge is 0.251 e. The summed E-state index contributed by atoms with van der Waals surface area (Å²) < 4.78 is 6.89. The van der Waals surface area contributed by atoms with E-state index in [0.717, 1.165) is 11.3 Å². The molecule has 2 N–H and O–H groups in total. The maximum absolute atomic E-state index is 12.5. The van der Waals surface area contributed by atoms with Crippen LogP contribution in [-0.4, -0.2) is 39.4 Å². The number of para-hydroxylation sites is 1. The zero-order valence-electron chi connectivity index (χ0n) is 17.9. The summed E-state index contributed by atoms with van der Waals surface area (Å²) in [6, 6.07) is 14.1. The van der Waals surface area contributed by atoms with Crippen LogP contribution in [0.2, 0.25) is 0 Å². The van der Waals surface area contributed by atoms with Crippen LogP contribution in [0.1, 0.15) is 34.7 Å². The van der Waals surface area contributed by atoms with E-state index in [-0.39, 0.29) is 23.6 Å². The number of aromatic nitrogens is 3. The second-order valence-corrected chi connectivity index (χ2v) is 7.92. The summed E-state index contributed by atoms with van der Waals surface area (Å²) in [4.78, 5) is 24.8. The first-order valence-corrected chi connectivity index (χ1v) is 10.7. The molecule has 0 fully saturated rings. The molecule has 0 aliphatic carbocycles. The number of amides is 2. The molecule has 0 bridgehead atoms. The lowest BCUT2D eigenvalue weighted by molar-refractivity contribution is -0.113. The number of anilines is 1. The van der Waals surface area contributed by atoms with Crippen LogP contribution in [0.5, 0.6) is 5.75 Å². The molecular weight excluding hydrogens is 414 g/mol. The Kier molecular flexibility index (Phi) is 7.30. The molecule has 1 heterocycles. The fourth-order valence-electron chi connectivity index (χ4n) is 2.95. The lowest BCUT2D eigenvalue weighted by Gasteiger charge is -2.14. The molecule has 8 nitrogen and oxygen atoms in total. The molecule has 3 rings (SSSR count). The molecule has 1 aromatic heterocycles. The van der Waals surface area contributed by atoms with E-state index < -0.39 is 0 Å². The Labute approximate surface area is 185 Å². The molecule has 9 heteroatoms. The van der Waals surface area contributed by atoms with E-state index in [2.05, 4.69) is 20.8 Å². The van der Waals surface area contributed by atoms with Gasteiger partial charge in [0.1, 0.15) is 5.75 Å². The molecular formula is C22H25N5O3S. The number of nitrogens with one attached hydrogen (secondary N) is 2. The van der Waals surface area contributed by atoms with Crippen molar-refractivity contribution >= 4 is 29.3 Å². The largest absolute Gasteiger partial charge is 0.497 e. The first-order valence-electron chi connectivity index (χ1n) is 9.71. The number of thioether (sulfide) groups is 1. The summed E-state index contributed by atoms with van der Waals surface area (Å²) in [6.07, 6.45) is 0. The molecule has 0 unspecified atom stereocenters. The van der Waals surface area contributed by atoms with Crippen LogP contribution in [0.15, 0.2) is 53.7 Å². The molecule has 2 amide bonds. The Bertz CT molecular complexity index is 1070.